The average molecular weight is 340 g/mol. The van der Waals surface area contributed by atoms with E-state index < -0.39 is 11.5 Å². The van der Waals surface area contributed by atoms with Crippen molar-refractivity contribution in [3.05, 3.63) is 34.4 Å². The number of amides is 1. The molecule has 25 heavy (non-hydrogen) atoms. The quantitative estimate of drug-likeness (QED) is 0.609. The SMILES string of the molecule is C#Cc1cc(C)cc(C)c1C1C(=O)N(C)C2(CCN(OC)CC2)C1=O. The molecule has 0 aliphatic carbocycles. The molecule has 1 aromatic rings. The van der Waals surface area contributed by atoms with Crippen LogP contribution in [0.5, 0.6) is 0 Å². The molecule has 2 heterocycles. The second-order valence-corrected chi connectivity index (χ2v) is 7.03. The number of likely N-dealkylation sites (N-methyl/N-ethyl adjacent to an activating group) is 1. The summed E-state index contributed by atoms with van der Waals surface area (Å²) in [5.74, 6) is 1.68. The van der Waals surface area contributed by atoms with Crippen LogP contribution in [-0.4, -0.2) is 54.4 Å². The van der Waals surface area contributed by atoms with Crippen LogP contribution in [0.25, 0.3) is 0 Å². The summed E-state index contributed by atoms with van der Waals surface area (Å²) in [5, 5.41) is 1.83. The summed E-state index contributed by atoms with van der Waals surface area (Å²) in [6, 6.07) is 3.86. The van der Waals surface area contributed by atoms with Crippen LogP contribution in [0.4, 0.5) is 0 Å². The number of nitrogens with zero attached hydrogens (tertiary/aromatic N) is 2. The fourth-order valence-corrected chi connectivity index (χ4v) is 4.31. The number of carbonyl (C=O) groups excluding carboxylic acids is 2. The Hall–Kier alpha value is -2.16. The molecule has 132 valence electrons. The molecule has 1 amide bonds. The zero-order chi connectivity index (χ0) is 18.4. The number of hydrogen-bond acceptors (Lipinski definition) is 4. The Balaban J connectivity index is 2.05. The molecule has 3 rings (SSSR count). The van der Waals surface area contributed by atoms with Crippen molar-refractivity contribution in [2.24, 2.45) is 0 Å². The number of hydrogen-bond donors (Lipinski definition) is 0. The molecule has 5 nitrogen and oxygen atoms in total. The van der Waals surface area contributed by atoms with Crippen LogP contribution in [0, 0.1) is 26.2 Å². The van der Waals surface area contributed by atoms with E-state index in [1.807, 2.05) is 31.0 Å². The first kappa shape index (κ1) is 17.7. The predicted octanol–water partition coefficient (Wildman–Crippen LogP) is 1.81. The predicted molar refractivity (Wildman–Crippen MR) is 94.9 cm³/mol. The van der Waals surface area contributed by atoms with E-state index in [0.29, 0.717) is 37.1 Å². The average Bonchev–Trinajstić information content (AvgIpc) is 2.77. The Labute approximate surface area is 148 Å². The van der Waals surface area contributed by atoms with Gasteiger partial charge in [0.1, 0.15) is 11.5 Å². The van der Waals surface area contributed by atoms with Gasteiger partial charge in [0.2, 0.25) is 5.91 Å². The third kappa shape index (κ3) is 2.57. The summed E-state index contributed by atoms with van der Waals surface area (Å²) in [6.07, 6.45) is 6.83. The molecule has 5 heteroatoms. The van der Waals surface area contributed by atoms with Crippen molar-refractivity contribution in [2.75, 3.05) is 27.2 Å². The van der Waals surface area contributed by atoms with Crippen molar-refractivity contribution in [1.29, 1.82) is 0 Å². The van der Waals surface area contributed by atoms with E-state index in [1.165, 1.54) is 0 Å². The van der Waals surface area contributed by atoms with Crippen molar-refractivity contribution in [1.82, 2.24) is 9.96 Å². The molecule has 0 N–H and O–H groups in total. The number of terminal acetylenes is 1. The van der Waals surface area contributed by atoms with Gasteiger partial charge < -0.3 is 9.74 Å². The van der Waals surface area contributed by atoms with Crippen molar-refractivity contribution >= 4 is 11.7 Å². The van der Waals surface area contributed by atoms with Gasteiger partial charge in [0.25, 0.3) is 0 Å². The number of piperidine rings is 1. The van der Waals surface area contributed by atoms with Gasteiger partial charge in [-0.2, -0.15) is 5.06 Å². The maximum absolute atomic E-state index is 13.4. The number of Topliss-reactive ketones (excluding diaryl/α,β-unsaturated/α-hetero) is 1. The number of ketones is 1. The molecule has 0 bridgehead atoms. The lowest BCUT2D eigenvalue weighted by atomic mass is 9.78. The van der Waals surface area contributed by atoms with E-state index in [4.69, 9.17) is 11.3 Å². The van der Waals surface area contributed by atoms with E-state index in [-0.39, 0.29) is 11.7 Å². The monoisotopic (exact) mass is 340 g/mol. The normalized spacial score (nSPS) is 23.3. The first-order valence-corrected chi connectivity index (χ1v) is 8.54. The highest BCUT2D eigenvalue weighted by molar-refractivity contribution is 6.17. The summed E-state index contributed by atoms with van der Waals surface area (Å²) in [5.41, 5.74) is 2.52. The summed E-state index contributed by atoms with van der Waals surface area (Å²) in [4.78, 5) is 33.4. The summed E-state index contributed by atoms with van der Waals surface area (Å²) in [6.45, 7) is 5.13. The summed E-state index contributed by atoms with van der Waals surface area (Å²) < 4.78 is 0. The molecule has 1 atom stereocenters. The van der Waals surface area contributed by atoms with Gasteiger partial charge in [-0.3, -0.25) is 9.59 Å². The molecule has 1 spiro atoms. The molecule has 1 aromatic carbocycles. The van der Waals surface area contributed by atoms with Crippen LogP contribution in [0.2, 0.25) is 0 Å². The van der Waals surface area contributed by atoms with Gasteiger partial charge >= 0.3 is 0 Å². The molecule has 0 aromatic heterocycles. The largest absolute Gasteiger partial charge is 0.332 e. The van der Waals surface area contributed by atoms with Gasteiger partial charge in [0.05, 0.1) is 7.11 Å². The van der Waals surface area contributed by atoms with Crippen molar-refractivity contribution in [3.63, 3.8) is 0 Å². The Bertz CT molecular complexity index is 770. The van der Waals surface area contributed by atoms with E-state index in [2.05, 4.69) is 5.92 Å². The number of carbonyl (C=O) groups is 2. The molecule has 0 saturated carbocycles. The van der Waals surface area contributed by atoms with Crippen LogP contribution in [0.3, 0.4) is 0 Å². The fraction of sp³-hybridized carbons (Fsp3) is 0.500. The van der Waals surface area contributed by atoms with Crippen LogP contribution in [0.15, 0.2) is 12.1 Å². The Morgan fingerprint density at radius 2 is 1.88 bits per heavy atom. The van der Waals surface area contributed by atoms with Gasteiger partial charge in [-0.15, -0.1) is 6.42 Å². The van der Waals surface area contributed by atoms with Gasteiger partial charge in [0.15, 0.2) is 5.78 Å². The molecule has 0 radical (unpaired) electrons. The third-order valence-corrected chi connectivity index (χ3v) is 5.72. The van der Waals surface area contributed by atoms with E-state index >= 15 is 0 Å². The van der Waals surface area contributed by atoms with Gasteiger partial charge in [-0.25, -0.2) is 0 Å². The minimum absolute atomic E-state index is 0.0285. The zero-order valence-electron chi connectivity index (χ0n) is 15.3. The molecular formula is C20H24N2O3. The number of rotatable bonds is 2. The molecule has 1 unspecified atom stereocenters. The maximum Gasteiger partial charge on any atom is 0.238 e. The van der Waals surface area contributed by atoms with Crippen LogP contribution in [-0.2, 0) is 14.4 Å². The number of benzene rings is 1. The smallest absolute Gasteiger partial charge is 0.238 e. The van der Waals surface area contributed by atoms with Crippen molar-refractivity contribution < 1.29 is 14.4 Å². The highest BCUT2D eigenvalue weighted by Crippen LogP contribution is 2.43. The number of likely N-dealkylation sites (tertiary alicyclic amines) is 1. The molecule has 2 saturated heterocycles. The standard InChI is InChI=1S/C20H24N2O3/c1-6-15-12-13(2)11-14(3)16(15)17-18(23)20(21(4)19(17)24)7-9-22(25-5)10-8-20/h1,11-12,17H,7-10H2,2-5H3. The first-order valence-electron chi connectivity index (χ1n) is 8.54. The van der Waals surface area contributed by atoms with Gasteiger partial charge in [0, 0.05) is 25.7 Å². The first-order chi connectivity index (χ1) is 11.9. The molecule has 2 aliphatic heterocycles. The topological polar surface area (TPSA) is 49.9 Å². The van der Waals surface area contributed by atoms with Crippen LogP contribution in [0.1, 0.15) is 41.0 Å². The summed E-state index contributed by atoms with van der Waals surface area (Å²) in [7, 11) is 3.36. The van der Waals surface area contributed by atoms with Crippen molar-refractivity contribution in [2.45, 2.75) is 38.1 Å². The highest BCUT2D eigenvalue weighted by atomic mass is 16.7. The van der Waals surface area contributed by atoms with Gasteiger partial charge in [-0.05, 0) is 49.4 Å². The Kier molecular flexibility index (Phi) is 4.44. The fourth-order valence-electron chi connectivity index (χ4n) is 4.31. The van der Waals surface area contributed by atoms with E-state index in [1.54, 1.807) is 19.1 Å². The second kappa shape index (κ2) is 6.29. The zero-order valence-corrected chi connectivity index (χ0v) is 15.3. The Morgan fingerprint density at radius 1 is 1.24 bits per heavy atom. The van der Waals surface area contributed by atoms with Crippen molar-refractivity contribution in [3.8, 4) is 12.3 Å². The highest BCUT2D eigenvalue weighted by Gasteiger charge is 2.58. The molecule has 2 aliphatic rings. The van der Waals surface area contributed by atoms with E-state index in [9.17, 15) is 9.59 Å². The number of aryl methyl sites for hydroxylation is 2. The van der Waals surface area contributed by atoms with E-state index in [0.717, 1.165) is 11.1 Å². The molecule has 2 fully saturated rings. The maximum atomic E-state index is 13.4. The van der Waals surface area contributed by atoms with Crippen LogP contribution >= 0.6 is 0 Å². The third-order valence-electron chi connectivity index (χ3n) is 5.72. The minimum atomic E-state index is -0.800. The lowest BCUT2D eigenvalue weighted by Gasteiger charge is -2.41. The lowest BCUT2D eigenvalue weighted by Crippen LogP contribution is -2.54. The lowest BCUT2D eigenvalue weighted by molar-refractivity contribution is -0.165. The molecular weight excluding hydrogens is 316 g/mol. The Morgan fingerprint density at radius 3 is 2.44 bits per heavy atom. The van der Waals surface area contributed by atoms with Crippen LogP contribution < -0.4 is 0 Å². The van der Waals surface area contributed by atoms with Gasteiger partial charge in [-0.1, -0.05) is 12.0 Å². The number of hydroxylamine groups is 2. The minimum Gasteiger partial charge on any atom is -0.332 e. The summed E-state index contributed by atoms with van der Waals surface area (Å²) >= 11 is 0. The second-order valence-electron chi connectivity index (χ2n) is 7.03.